The summed E-state index contributed by atoms with van der Waals surface area (Å²) in [6.07, 6.45) is 4.11. The number of amides is 2. The number of carbonyl (C=O) groups is 2. The minimum Gasteiger partial charge on any atom is -0.299 e. The summed E-state index contributed by atoms with van der Waals surface area (Å²) in [7, 11) is 0. The van der Waals surface area contributed by atoms with Gasteiger partial charge >= 0.3 is 0 Å². The predicted octanol–water partition coefficient (Wildman–Crippen LogP) is 4.13. The van der Waals surface area contributed by atoms with Crippen LogP contribution in [0.5, 0.6) is 0 Å². The van der Waals surface area contributed by atoms with Gasteiger partial charge in [0.15, 0.2) is 0 Å². The fourth-order valence-corrected chi connectivity index (χ4v) is 4.78. The van der Waals surface area contributed by atoms with Crippen molar-refractivity contribution in [2.75, 3.05) is 24.5 Å². The lowest BCUT2D eigenvalue weighted by Crippen LogP contribution is -2.46. The summed E-state index contributed by atoms with van der Waals surface area (Å²) in [5, 5.41) is 0. The first-order valence-electron chi connectivity index (χ1n) is 10.8. The number of rotatable bonds is 5. The highest BCUT2D eigenvalue weighted by Crippen LogP contribution is 2.35. The largest absolute Gasteiger partial charge is 0.299 e. The first-order valence-corrected chi connectivity index (χ1v) is 10.8. The third kappa shape index (κ3) is 3.58. The van der Waals surface area contributed by atoms with Crippen molar-refractivity contribution in [3.8, 4) is 0 Å². The maximum atomic E-state index is 13.6. The quantitative estimate of drug-likeness (QED) is 0.557. The number of nitrogens with zero attached hydrogens (tertiary/aromatic N) is 3. The molecule has 1 unspecified atom stereocenters. The predicted molar refractivity (Wildman–Crippen MR) is 121 cm³/mol. The maximum Gasteiger partial charge on any atom is 0.265 e. The van der Waals surface area contributed by atoms with Crippen molar-refractivity contribution in [2.24, 2.45) is 4.99 Å². The molecule has 0 aromatic heterocycles. The number of likely N-dealkylation sites (tertiary alicyclic amines) is 1. The van der Waals surface area contributed by atoms with E-state index in [1.54, 1.807) is 12.3 Å². The van der Waals surface area contributed by atoms with Gasteiger partial charge < -0.3 is 0 Å². The lowest BCUT2D eigenvalue weighted by atomic mass is 9.88. The van der Waals surface area contributed by atoms with Crippen LogP contribution in [0, 0.1) is 13.8 Å². The van der Waals surface area contributed by atoms with Gasteiger partial charge in [0.05, 0.1) is 18.2 Å². The molecule has 0 saturated carbocycles. The van der Waals surface area contributed by atoms with Crippen molar-refractivity contribution >= 4 is 23.7 Å². The molecule has 2 aromatic rings. The number of benzene rings is 2. The normalized spacial score (nSPS) is 22.2. The van der Waals surface area contributed by atoms with E-state index in [1.165, 1.54) is 11.3 Å². The van der Waals surface area contributed by atoms with Crippen LogP contribution in [0.15, 0.2) is 47.5 Å². The van der Waals surface area contributed by atoms with Gasteiger partial charge in [-0.15, -0.1) is 0 Å². The van der Waals surface area contributed by atoms with E-state index in [9.17, 15) is 9.59 Å². The van der Waals surface area contributed by atoms with Crippen LogP contribution in [0.25, 0.3) is 0 Å². The average Bonchev–Trinajstić information content (AvgIpc) is 3.20. The second-order valence-corrected chi connectivity index (χ2v) is 8.22. The molecule has 0 aliphatic carbocycles. The van der Waals surface area contributed by atoms with Gasteiger partial charge in [0, 0.05) is 17.8 Å². The highest BCUT2D eigenvalue weighted by atomic mass is 16.2. The summed E-state index contributed by atoms with van der Waals surface area (Å²) < 4.78 is 0. The Labute approximate surface area is 178 Å². The van der Waals surface area contributed by atoms with Gasteiger partial charge in [-0.25, -0.2) is 4.90 Å². The van der Waals surface area contributed by atoms with Crippen molar-refractivity contribution in [3.63, 3.8) is 0 Å². The Morgan fingerprint density at radius 2 is 1.80 bits per heavy atom. The standard InChI is InChI=1S/C25H29N3O2/c1-4-27-14-8-11-19(27)15-26-16-22-20-12-5-6-13-21(20)24(29)28(25(22)30)23-17(2)9-7-10-18(23)3/h5-7,9-10,12-13,16,19,22H,4,8,11,14-15H2,1-3H3/t19-,22?/m0/s1. The van der Waals surface area contributed by atoms with Crippen molar-refractivity contribution < 1.29 is 9.59 Å². The van der Waals surface area contributed by atoms with Gasteiger partial charge in [-0.3, -0.25) is 19.5 Å². The number of fused-ring (bicyclic) bond motifs is 1. The minimum atomic E-state index is -0.547. The highest BCUT2D eigenvalue weighted by molar-refractivity contribution is 6.29. The molecule has 1 fully saturated rings. The average molecular weight is 404 g/mol. The zero-order chi connectivity index (χ0) is 21.3. The Morgan fingerprint density at radius 3 is 2.53 bits per heavy atom. The van der Waals surface area contributed by atoms with E-state index in [0.29, 0.717) is 23.8 Å². The summed E-state index contributed by atoms with van der Waals surface area (Å²) in [6, 6.07) is 13.7. The molecule has 5 nitrogen and oxygen atoms in total. The Balaban J connectivity index is 1.69. The zero-order valence-corrected chi connectivity index (χ0v) is 18.0. The lowest BCUT2D eigenvalue weighted by molar-refractivity contribution is -0.118. The summed E-state index contributed by atoms with van der Waals surface area (Å²) in [6.45, 7) is 8.89. The van der Waals surface area contributed by atoms with Gasteiger partial charge in [0.25, 0.3) is 5.91 Å². The summed E-state index contributed by atoms with van der Waals surface area (Å²) in [5.74, 6) is -1.03. The third-order valence-electron chi connectivity index (χ3n) is 6.35. The zero-order valence-electron chi connectivity index (χ0n) is 18.0. The molecule has 5 heteroatoms. The van der Waals surface area contributed by atoms with Crippen molar-refractivity contribution in [1.82, 2.24) is 4.90 Å². The molecule has 1 saturated heterocycles. The van der Waals surface area contributed by atoms with E-state index in [4.69, 9.17) is 4.99 Å². The minimum absolute atomic E-state index is 0.224. The second-order valence-electron chi connectivity index (χ2n) is 8.22. The SMILES string of the molecule is CCN1CCC[C@H]1CN=CC1C(=O)N(c2c(C)cccc2C)C(=O)c2ccccc21. The summed E-state index contributed by atoms with van der Waals surface area (Å²) in [4.78, 5) is 35.4. The Morgan fingerprint density at radius 1 is 1.07 bits per heavy atom. The molecule has 2 aliphatic rings. The number of aryl methyl sites for hydroxylation is 2. The number of aliphatic imine (C=N–C) groups is 1. The van der Waals surface area contributed by atoms with Crippen LogP contribution in [-0.4, -0.2) is 48.6 Å². The molecule has 2 atom stereocenters. The molecule has 2 heterocycles. The van der Waals surface area contributed by atoms with E-state index in [0.717, 1.165) is 36.2 Å². The van der Waals surface area contributed by atoms with Gasteiger partial charge in [0.2, 0.25) is 5.91 Å². The number of likely N-dealkylation sites (N-methyl/N-ethyl adjacent to an activating group) is 1. The van der Waals surface area contributed by atoms with E-state index in [2.05, 4.69) is 11.8 Å². The first kappa shape index (κ1) is 20.5. The van der Waals surface area contributed by atoms with Gasteiger partial charge in [-0.1, -0.05) is 43.3 Å². The monoisotopic (exact) mass is 403 g/mol. The number of anilines is 1. The lowest BCUT2D eigenvalue weighted by Gasteiger charge is -2.32. The van der Waals surface area contributed by atoms with Crippen LogP contribution < -0.4 is 4.90 Å². The molecule has 0 radical (unpaired) electrons. The summed E-state index contributed by atoms with van der Waals surface area (Å²) in [5.41, 5.74) is 3.84. The van der Waals surface area contributed by atoms with Gasteiger partial charge in [-0.2, -0.15) is 0 Å². The number of carbonyl (C=O) groups excluding carboxylic acids is 2. The molecular weight excluding hydrogens is 374 g/mol. The van der Waals surface area contributed by atoms with Crippen LogP contribution >= 0.6 is 0 Å². The fourth-order valence-electron chi connectivity index (χ4n) is 4.78. The molecule has 0 N–H and O–H groups in total. The molecular formula is C25H29N3O2. The molecule has 30 heavy (non-hydrogen) atoms. The van der Waals surface area contributed by atoms with Crippen LogP contribution in [0.4, 0.5) is 5.69 Å². The highest BCUT2D eigenvalue weighted by Gasteiger charge is 2.39. The van der Waals surface area contributed by atoms with Crippen molar-refractivity contribution in [3.05, 3.63) is 64.7 Å². The molecule has 2 amide bonds. The van der Waals surface area contributed by atoms with Crippen molar-refractivity contribution in [2.45, 2.75) is 45.6 Å². The van der Waals surface area contributed by atoms with Crippen LogP contribution in [0.3, 0.4) is 0 Å². The Hall–Kier alpha value is -2.79. The number of hydrogen-bond acceptors (Lipinski definition) is 4. The maximum absolute atomic E-state index is 13.6. The van der Waals surface area contributed by atoms with Gasteiger partial charge in [0.1, 0.15) is 0 Å². The van der Waals surface area contributed by atoms with Crippen LogP contribution in [-0.2, 0) is 4.79 Å². The fraction of sp³-hybridized carbons (Fsp3) is 0.400. The Bertz CT molecular complexity index is 977. The topological polar surface area (TPSA) is 53.0 Å². The Kier molecular flexibility index (Phi) is 5.82. The number of hydrogen-bond donors (Lipinski definition) is 0. The molecule has 0 spiro atoms. The van der Waals surface area contributed by atoms with E-state index < -0.39 is 5.92 Å². The van der Waals surface area contributed by atoms with Crippen LogP contribution in [0.2, 0.25) is 0 Å². The van der Waals surface area contributed by atoms with E-state index in [1.807, 2.05) is 50.2 Å². The third-order valence-corrected chi connectivity index (χ3v) is 6.35. The van der Waals surface area contributed by atoms with E-state index >= 15 is 0 Å². The molecule has 2 aromatic carbocycles. The van der Waals surface area contributed by atoms with Crippen molar-refractivity contribution in [1.29, 1.82) is 0 Å². The van der Waals surface area contributed by atoms with Gasteiger partial charge in [-0.05, 0) is 62.5 Å². The molecule has 2 aliphatic heterocycles. The molecule has 156 valence electrons. The number of para-hydroxylation sites is 1. The smallest absolute Gasteiger partial charge is 0.265 e. The summed E-state index contributed by atoms with van der Waals surface area (Å²) >= 11 is 0. The first-order chi connectivity index (χ1) is 14.5. The molecule has 4 rings (SSSR count). The number of imide groups is 1. The van der Waals surface area contributed by atoms with Crippen LogP contribution in [0.1, 0.15) is 52.7 Å². The van der Waals surface area contributed by atoms with E-state index in [-0.39, 0.29) is 11.8 Å². The second kappa shape index (κ2) is 8.52. The molecule has 0 bridgehead atoms.